The average Bonchev–Trinajstić information content (AvgIpc) is 4.04. The number of carbonyl (C=O) groups excluding carboxylic acids is 4. The quantitative estimate of drug-likeness (QED) is 0.0514. The van der Waals surface area contributed by atoms with Crippen LogP contribution in [0.5, 0.6) is 0 Å². The molecule has 0 aromatic rings. The third-order valence-electron chi connectivity index (χ3n) is 17.0. The van der Waals surface area contributed by atoms with Crippen LogP contribution in [0.15, 0.2) is 0 Å². The second-order valence-electron chi connectivity index (χ2n) is 27.0. The molecule has 12 nitrogen and oxygen atoms in total. The number of ether oxygens (including phenoxy) is 2. The highest BCUT2D eigenvalue weighted by Gasteiger charge is 2.48. The van der Waals surface area contributed by atoms with Crippen molar-refractivity contribution in [2.75, 3.05) is 46.2 Å². The zero-order valence-electron chi connectivity index (χ0n) is 49.0. The molecule has 2 N–H and O–H groups in total. The lowest BCUT2D eigenvalue weighted by Gasteiger charge is -2.36. The van der Waals surface area contributed by atoms with Crippen LogP contribution >= 0.6 is 0 Å². The molecule has 0 bridgehead atoms. The van der Waals surface area contributed by atoms with E-state index in [4.69, 9.17) is 38.7 Å². The van der Waals surface area contributed by atoms with Crippen molar-refractivity contribution in [3.63, 3.8) is 0 Å². The van der Waals surface area contributed by atoms with Crippen LogP contribution in [0, 0.1) is 71.5 Å². The van der Waals surface area contributed by atoms with Gasteiger partial charge in [0.05, 0.1) is 25.0 Å². The van der Waals surface area contributed by atoms with Gasteiger partial charge >= 0.3 is 11.9 Å². The van der Waals surface area contributed by atoms with E-state index in [9.17, 15) is 24.3 Å². The van der Waals surface area contributed by atoms with Gasteiger partial charge in [-0.25, -0.2) is 0 Å². The summed E-state index contributed by atoms with van der Waals surface area (Å²) in [6.07, 6.45) is 11.3. The van der Waals surface area contributed by atoms with Gasteiger partial charge in [0.2, 0.25) is 0 Å². The second-order valence-corrected chi connectivity index (χ2v) is 46.3. The molecule has 5 saturated carbocycles. The van der Waals surface area contributed by atoms with Gasteiger partial charge in [-0.3, -0.25) is 9.59 Å². The number of aliphatic hydroxyl groups is 2. The second kappa shape index (κ2) is 27.5. The number of terminal acetylenes is 1. The molecule has 11 atom stereocenters. The molecule has 0 aliphatic heterocycles. The van der Waals surface area contributed by atoms with Crippen molar-refractivity contribution in [2.45, 2.75) is 208 Å². The lowest BCUT2D eigenvalue weighted by atomic mass is 10.2. The fraction of sp³-hybridized carbons (Fsp3) is 0.891. The molecule has 5 aliphatic carbocycles. The van der Waals surface area contributed by atoms with Crippen molar-refractivity contribution >= 4 is 57.8 Å². The highest BCUT2D eigenvalue weighted by Crippen LogP contribution is 2.46. The number of hydrogen-bond acceptors (Lipinski definition) is 12. The standard InChI is InChI=1S/C13H26O3Si.C13H24O2Si.C11H24O2Si.C11H22O2Si.C7H10O3/c1-7-15-12(14)11-8-10(11)9-16-17(5,6)13(2,3)4;1-7-12(14)11-8-10(11)9-15-16(5,6)13(2,3)4;2*1-11(2,3)14(4,5)13-8-10-6-9(10)7-12;1-2-10-7(9)6-3-5(6)4-8/h10-11H,7-9H2,1-6H3;1,10-12,14H,8-9H2,2-6H3;9-10,12H,6-8H2,1-5H3;7,9-10H,6,8H2,1-5H3;4-6H,2-3H2,1H3. The van der Waals surface area contributed by atoms with Crippen LogP contribution in [0.3, 0.4) is 0 Å². The molecule has 414 valence electrons. The Labute approximate surface area is 437 Å². The summed E-state index contributed by atoms with van der Waals surface area (Å²) in [6.45, 7) is 52.9. The highest BCUT2D eigenvalue weighted by molar-refractivity contribution is 6.75. The Morgan fingerprint density at radius 2 is 0.901 bits per heavy atom. The van der Waals surface area contributed by atoms with Crippen LogP contribution in [-0.2, 0) is 46.4 Å². The summed E-state index contributed by atoms with van der Waals surface area (Å²) in [7, 11) is -6.44. The van der Waals surface area contributed by atoms with Gasteiger partial charge in [0.1, 0.15) is 18.7 Å². The molecule has 16 heteroatoms. The number of esters is 2. The summed E-state index contributed by atoms with van der Waals surface area (Å²) in [5, 5.41) is 19.5. The van der Waals surface area contributed by atoms with E-state index in [1.54, 1.807) is 6.92 Å². The summed E-state index contributed by atoms with van der Waals surface area (Å²) in [4.78, 5) is 42.8. The first-order valence-corrected chi connectivity index (χ1v) is 38.4. The lowest BCUT2D eigenvalue weighted by molar-refractivity contribution is -0.146. The Bertz CT molecular complexity index is 1700. The Balaban J connectivity index is 0.000000448. The van der Waals surface area contributed by atoms with E-state index < -0.39 is 39.4 Å². The van der Waals surface area contributed by atoms with Crippen LogP contribution < -0.4 is 0 Å². The minimum absolute atomic E-state index is 0.0451. The predicted octanol–water partition coefficient (Wildman–Crippen LogP) is 11.7. The minimum Gasteiger partial charge on any atom is -0.466 e. The SMILES string of the molecule is C#CC(O)C1CC1CO[Si](C)(C)C(C)(C)C.CC(C)(C)[Si](C)(C)OCC1CC1C=O.CC(C)(C)[Si](C)(C)OCC1CC1CO.CCOC(=O)C1CC1C=O.CCOC(=O)C1CC1CO[Si](C)(C)C(C)(C)C. The summed E-state index contributed by atoms with van der Waals surface area (Å²) in [6, 6.07) is 0. The summed E-state index contributed by atoms with van der Waals surface area (Å²) < 4.78 is 34.0. The minimum atomic E-state index is -1.66. The first-order chi connectivity index (χ1) is 32.2. The van der Waals surface area contributed by atoms with E-state index in [0.29, 0.717) is 66.8 Å². The van der Waals surface area contributed by atoms with Crippen LogP contribution in [0.2, 0.25) is 72.5 Å². The van der Waals surface area contributed by atoms with E-state index in [1.807, 2.05) is 6.92 Å². The molecule has 0 aromatic heterocycles. The molecule has 0 heterocycles. The van der Waals surface area contributed by atoms with E-state index in [0.717, 1.165) is 64.7 Å². The van der Waals surface area contributed by atoms with Crippen molar-refractivity contribution in [3.05, 3.63) is 0 Å². The number of rotatable bonds is 20. The molecule has 11 unspecified atom stereocenters. The van der Waals surface area contributed by atoms with Crippen LogP contribution in [0.1, 0.15) is 129 Å². The zero-order chi connectivity index (χ0) is 55.4. The Morgan fingerprint density at radius 3 is 1.21 bits per heavy atom. The van der Waals surface area contributed by atoms with E-state index in [2.05, 4.69) is 141 Å². The zero-order valence-corrected chi connectivity index (χ0v) is 53.0. The molecule has 5 rings (SSSR count). The molecule has 0 saturated heterocycles. The van der Waals surface area contributed by atoms with Gasteiger partial charge in [-0.2, -0.15) is 0 Å². The Hall–Kier alpha value is -1.53. The average molecular weight is 1070 g/mol. The van der Waals surface area contributed by atoms with Crippen LogP contribution in [-0.4, -0.2) is 120 Å². The van der Waals surface area contributed by atoms with Crippen molar-refractivity contribution in [1.29, 1.82) is 0 Å². The fourth-order valence-corrected chi connectivity index (χ4v) is 10.6. The molecule has 0 spiro atoms. The maximum absolute atomic E-state index is 11.5. The van der Waals surface area contributed by atoms with E-state index in [1.165, 1.54) is 0 Å². The summed E-state index contributed by atoms with van der Waals surface area (Å²) >= 11 is 0. The van der Waals surface area contributed by atoms with Crippen molar-refractivity contribution in [1.82, 2.24) is 0 Å². The molecule has 0 amide bonds. The van der Waals surface area contributed by atoms with Crippen molar-refractivity contribution in [3.8, 4) is 12.3 Å². The predicted molar refractivity (Wildman–Crippen MR) is 298 cm³/mol. The molecule has 5 fully saturated rings. The monoisotopic (exact) mass is 1070 g/mol. The first kappa shape index (κ1) is 67.5. The van der Waals surface area contributed by atoms with Crippen molar-refractivity contribution in [2.24, 2.45) is 59.2 Å². The Morgan fingerprint density at radius 1 is 0.535 bits per heavy atom. The smallest absolute Gasteiger partial charge is 0.309 e. The van der Waals surface area contributed by atoms with Gasteiger partial charge in [-0.05, 0) is 148 Å². The number of carbonyl (C=O) groups is 4. The molecular weight excluding hydrogens is 965 g/mol. The number of aldehydes is 2. The Kier molecular flexibility index (Phi) is 26.1. The van der Waals surface area contributed by atoms with E-state index >= 15 is 0 Å². The largest absolute Gasteiger partial charge is 0.466 e. The third kappa shape index (κ3) is 23.1. The highest BCUT2D eigenvalue weighted by atomic mass is 28.4. The fourth-order valence-electron chi connectivity index (χ4n) is 6.32. The third-order valence-corrected chi connectivity index (χ3v) is 35.0. The molecule has 71 heavy (non-hydrogen) atoms. The van der Waals surface area contributed by atoms with Gasteiger partial charge in [-0.15, -0.1) is 6.42 Å². The van der Waals surface area contributed by atoms with E-state index in [-0.39, 0.29) is 50.7 Å². The maximum Gasteiger partial charge on any atom is 0.309 e. The van der Waals surface area contributed by atoms with Gasteiger partial charge in [-0.1, -0.05) is 89.0 Å². The maximum atomic E-state index is 11.5. The van der Waals surface area contributed by atoms with Gasteiger partial charge in [0.15, 0.2) is 33.3 Å². The normalized spacial score (nSPS) is 27.1. The first-order valence-electron chi connectivity index (χ1n) is 26.8. The van der Waals surface area contributed by atoms with Gasteiger partial charge in [0.25, 0.3) is 0 Å². The number of hydrogen-bond donors (Lipinski definition) is 2. The van der Waals surface area contributed by atoms with Gasteiger partial charge in [0, 0.05) is 50.8 Å². The van der Waals surface area contributed by atoms with Crippen LogP contribution in [0.4, 0.5) is 0 Å². The molecular formula is C55H106O12Si4. The molecule has 0 aromatic carbocycles. The summed E-state index contributed by atoms with van der Waals surface area (Å²) in [5.74, 6) is 5.15. The number of aliphatic hydroxyl groups excluding tert-OH is 2. The lowest BCUT2D eigenvalue weighted by Crippen LogP contribution is -2.41. The molecule has 0 radical (unpaired) electrons. The molecule has 5 aliphatic rings. The van der Waals surface area contributed by atoms with Crippen molar-refractivity contribution < 1.29 is 56.6 Å². The summed E-state index contributed by atoms with van der Waals surface area (Å²) in [5.41, 5.74) is 0. The van der Waals surface area contributed by atoms with Gasteiger partial charge < -0.3 is 47.0 Å². The van der Waals surface area contributed by atoms with Crippen LogP contribution in [0.25, 0.3) is 0 Å². The topological polar surface area (TPSA) is 164 Å².